The molecular weight excluding hydrogens is 297 g/mol. The fourth-order valence-corrected chi connectivity index (χ4v) is 1.55. The molecule has 0 aliphatic carbocycles. The predicted molar refractivity (Wildman–Crippen MR) is 82.2 cm³/mol. The fraction of sp³-hybridized carbons (Fsp3) is 0.200. The maximum absolute atomic E-state index is 11.3. The van der Waals surface area contributed by atoms with E-state index in [0.717, 1.165) is 5.69 Å². The Hall–Kier alpha value is -1.58. The van der Waals surface area contributed by atoms with Crippen LogP contribution in [0.1, 0.15) is 12.6 Å². The molecule has 0 spiro atoms. The maximum Gasteiger partial charge on any atom is 0.252 e. The molecule has 0 unspecified atom stereocenters. The number of carbonyl (C=O) groups is 1. The Balaban J connectivity index is 2.69. The number of nitrogens with zero attached hydrogens (tertiary/aromatic N) is 1. The number of ether oxygens (including phenoxy) is 1. The molecule has 1 rings (SSSR count). The zero-order valence-electron chi connectivity index (χ0n) is 11.3. The second-order valence-corrected chi connectivity index (χ2v) is 4.88. The van der Waals surface area contributed by atoms with Gasteiger partial charge in [0, 0.05) is 16.8 Å². The molecule has 1 aromatic heterocycles. The van der Waals surface area contributed by atoms with Crippen LogP contribution in [0.25, 0.3) is 0 Å². The lowest BCUT2D eigenvalue weighted by molar-refractivity contribution is -0.108. The summed E-state index contributed by atoms with van der Waals surface area (Å²) in [6, 6.07) is 3.60. The fourth-order valence-electron chi connectivity index (χ4n) is 1.34. The first kappa shape index (κ1) is 16.5. The SMILES string of the molecule is C\C(Cl)=C/C=C\C(=C\COc1cccnc1C)C(=O)Cl. The predicted octanol–water partition coefficient (Wildman–Crippen LogP) is 4.16. The van der Waals surface area contributed by atoms with Gasteiger partial charge in [-0.2, -0.15) is 0 Å². The smallest absolute Gasteiger partial charge is 0.252 e. The highest BCUT2D eigenvalue weighted by molar-refractivity contribution is 6.68. The van der Waals surface area contributed by atoms with Gasteiger partial charge < -0.3 is 4.74 Å². The van der Waals surface area contributed by atoms with Gasteiger partial charge in [0.1, 0.15) is 12.4 Å². The summed E-state index contributed by atoms with van der Waals surface area (Å²) < 4.78 is 5.52. The first-order valence-corrected chi connectivity index (χ1v) is 6.71. The van der Waals surface area contributed by atoms with Crippen molar-refractivity contribution in [2.75, 3.05) is 6.61 Å². The molecule has 0 amide bonds. The number of aryl methyl sites for hydroxylation is 1. The molecule has 3 nitrogen and oxygen atoms in total. The molecule has 0 aromatic carbocycles. The van der Waals surface area contributed by atoms with Crippen molar-refractivity contribution < 1.29 is 9.53 Å². The minimum Gasteiger partial charge on any atom is -0.488 e. The van der Waals surface area contributed by atoms with Crippen molar-refractivity contribution in [2.24, 2.45) is 0 Å². The van der Waals surface area contributed by atoms with Gasteiger partial charge >= 0.3 is 0 Å². The van der Waals surface area contributed by atoms with Gasteiger partial charge in [-0.05, 0) is 49.7 Å². The number of aromatic nitrogens is 1. The Kier molecular flexibility index (Phi) is 7.05. The normalized spacial score (nSPS) is 12.8. The standard InChI is InChI=1S/C15H15Cl2NO2/c1-11(16)5-3-6-13(15(17)19)8-10-20-14-7-4-9-18-12(14)2/h3-9H,10H2,1-2H3/b6-3-,11-5+,13-8-. The van der Waals surface area contributed by atoms with Crippen molar-refractivity contribution in [3.63, 3.8) is 0 Å². The van der Waals surface area contributed by atoms with Crippen LogP contribution in [0, 0.1) is 6.92 Å². The summed E-state index contributed by atoms with van der Waals surface area (Å²) in [6.45, 7) is 3.82. The monoisotopic (exact) mass is 311 g/mol. The molecule has 0 radical (unpaired) electrons. The van der Waals surface area contributed by atoms with E-state index in [2.05, 4.69) is 4.98 Å². The molecule has 1 aromatic rings. The molecule has 0 saturated carbocycles. The Morgan fingerprint density at radius 2 is 2.20 bits per heavy atom. The van der Waals surface area contributed by atoms with Crippen LogP contribution in [0.15, 0.2) is 53.2 Å². The Morgan fingerprint density at radius 3 is 2.80 bits per heavy atom. The van der Waals surface area contributed by atoms with Gasteiger partial charge in [-0.25, -0.2) is 0 Å². The third kappa shape index (κ3) is 6.04. The highest BCUT2D eigenvalue weighted by Gasteiger charge is 2.02. The second-order valence-electron chi connectivity index (χ2n) is 3.94. The highest BCUT2D eigenvalue weighted by Crippen LogP contribution is 2.14. The summed E-state index contributed by atoms with van der Waals surface area (Å²) in [4.78, 5) is 15.4. The number of pyridine rings is 1. The van der Waals surface area contributed by atoms with Crippen LogP contribution in [0.4, 0.5) is 0 Å². The van der Waals surface area contributed by atoms with Crippen molar-refractivity contribution in [3.05, 3.63) is 58.9 Å². The molecule has 5 heteroatoms. The minimum atomic E-state index is -0.548. The first-order chi connectivity index (χ1) is 9.50. The van der Waals surface area contributed by atoms with E-state index in [1.54, 1.807) is 43.5 Å². The highest BCUT2D eigenvalue weighted by atomic mass is 35.5. The van der Waals surface area contributed by atoms with Crippen LogP contribution in [0.2, 0.25) is 0 Å². The minimum absolute atomic E-state index is 0.230. The first-order valence-electron chi connectivity index (χ1n) is 5.95. The van der Waals surface area contributed by atoms with Gasteiger partial charge in [-0.1, -0.05) is 23.8 Å². The van der Waals surface area contributed by atoms with Crippen molar-refractivity contribution in [2.45, 2.75) is 13.8 Å². The third-order valence-electron chi connectivity index (χ3n) is 2.33. The van der Waals surface area contributed by atoms with Crippen molar-refractivity contribution >= 4 is 28.4 Å². The van der Waals surface area contributed by atoms with E-state index >= 15 is 0 Å². The summed E-state index contributed by atoms with van der Waals surface area (Å²) >= 11 is 11.2. The molecule has 0 fully saturated rings. The number of hydrogen-bond donors (Lipinski definition) is 0. The molecule has 0 atom stereocenters. The number of hydrogen-bond acceptors (Lipinski definition) is 3. The lowest BCUT2D eigenvalue weighted by Crippen LogP contribution is -2.00. The zero-order valence-corrected chi connectivity index (χ0v) is 12.8. The van der Waals surface area contributed by atoms with Crippen molar-refractivity contribution in [1.82, 2.24) is 4.98 Å². The lowest BCUT2D eigenvalue weighted by atomic mass is 10.2. The van der Waals surface area contributed by atoms with Gasteiger partial charge in [-0.3, -0.25) is 9.78 Å². The van der Waals surface area contributed by atoms with E-state index < -0.39 is 5.24 Å². The number of allylic oxidation sites excluding steroid dienone is 5. The summed E-state index contributed by atoms with van der Waals surface area (Å²) in [5.74, 6) is 0.672. The average molecular weight is 312 g/mol. The van der Waals surface area contributed by atoms with E-state index in [9.17, 15) is 4.79 Å². The topological polar surface area (TPSA) is 39.2 Å². The Bertz CT molecular complexity index is 559. The van der Waals surface area contributed by atoms with Crippen LogP contribution >= 0.6 is 23.2 Å². The number of halogens is 2. The zero-order chi connectivity index (χ0) is 15.0. The molecule has 1 heterocycles. The maximum atomic E-state index is 11.3. The van der Waals surface area contributed by atoms with E-state index in [1.807, 2.05) is 13.0 Å². The number of carbonyl (C=O) groups excluding carboxylic acids is 1. The van der Waals surface area contributed by atoms with Gasteiger partial charge in [0.2, 0.25) is 0 Å². The van der Waals surface area contributed by atoms with Crippen LogP contribution in [-0.2, 0) is 4.79 Å². The summed E-state index contributed by atoms with van der Waals surface area (Å²) in [7, 11) is 0. The molecule has 0 N–H and O–H groups in total. The molecule has 106 valence electrons. The van der Waals surface area contributed by atoms with Crippen LogP contribution in [0.3, 0.4) is 0 Å². The van der Waals surface area contributed by atoms with Crippen molar-refractivity contribution in [3.8, 4) is 5.75 Å². The van der Waals surface area contributed by atoms with Crippen LogP contribution in [0.5, 0.6) is 5.75 Å². The van der Waals surface area contributed by atoms with E-state index in [0.29, 0.717) is 16.4 Å². The molecule has 20 heavy (non-hydrogen) atoms. The van der Waals surface area contributed by atoms with E-state index in [4.69, 9.17) is 27.9 Å². The average Bonchev–Trinajstić information content (AvgIpc) is 2.38. The second kappa shape index (κ2) is 8.56. The summed E-state index contributed by atoms with van der Waals surface area (Å²) in [5, 5.41) is 0.0678. The van der Waals surface area contributed by atoms with E-state index in [-0.39, 0.29) is 6.61 Å². The lowest BCUT2D eigenvalue weighted by Gasteiger charge is -2.05. The largest absolute Gasteiger partial charge is 0.488 e. The quantitative estimate of drug-likeness (QED) is 0.450. The molecule has 0 aliphatic rings. The molecule has 0 aliphatic heterocycles. The summed E-state index contributed by atoms with van der Waals surface area (Å²) in [6.07, 6.45) is 8.21. The Labute approximate surface area is 128 Å². The van der Waals surface area contributed by atoms with Gasteiger partial charge in [0.05, 0.1) is 5.69 Å². The molecular formula is C15H15Cl2NO2. The third-order valence-corrected chi connectivity index (χ3v) is 2.67. The van der Waals surface area contributed by atoms with Gasteiger partial charge in [0.15, 0.2) is 0 Å². The Morgan fingerprint density at radius 1 is 1.45 bits per heavy atom. The van der Waals surface area contributed by atoms with Crippen LogP contribution < -0.4 is 4.74 Å². The molecule has 0 bridgehead atoms. The summed E-state index contributed by atoms with van der Waals surface area (Å²) in [5.41, 5.74) is 1.14. The van der Waals surface area contributed by atoms with Crippen molar-refractivity contribution in [1.29, 1.82) is 0 Å². The van der Waals surface area contributed by atoms with Crippen LogP contribution in [-0.4, -0.2) is 16.8 Å². The van der Waals surface area contributed by atoms with Gasteiger partial charge in [0.25, 0.3) is 5.24 Å². The van der Waals surface area contributed by atoms with Gasteiger partial charge in [-0.15, -0.1) is 0 Å². The number of rotatable bonds is 6. The molecule has 0 saturated heterocycles. The van der Waals surface area contributed by atoms with E-state index in [1.165, 1.54) is 0 Å².